The molecule has 1 N–H and O–H groups in total. The first-order chi connectivity index (χ1) is 16.5. The van der Waals surface area contributed by atoms with Gasteiger partial charge in [-0.25, -0.2) is 0 Å². The Hall–Kier alpha value is -3.89. The molecule has 0 aliphatic heterocycles. The van der Waals surface area contributed by atoms with Gasteiger partial charge in [0.15, 0.2) is 11.0 Å². The van der Waals surface area contributed by atoms with E-state index in [1.165, 1.54) is 30.0 Å². The first kappa shape index (κ1) is 23.3. The van der Waals surface area contributed by atoms with E-state index in [1.807, 2.05) is 59.2 Å². The summed E-state index contributed by atoms with van der Waals surface area (Å²) in [7, 11) is 1.59. The molecule has 9 nitrogen and oxygen atoms in total. The van der Waals surface area contributed by atoms with E-state index >= 15 is 0 Å². The van der Waals surface area contributed by atoms with Gasteiger partial charge in [-0.3, -0.25) is 19.5 Å². The highest BCUT2D eigenvalue weighted by Gasteiger charge is 2.18. The number of amides is 1. The summed E-state index contributed by atoms with van der Waals surface area (Å²) in [5, 5.41) is 23.0. The molecule has 0 unspecified atom stereocenters. The van der Waals surface area contributed by atoms with Crippen LogP contribution in [0, 0.1) is 10.1 Å². The van der Waals surface area contributed by atoms with Crippen LogP contribution in [0.4, 0.5) is 11.4 Å². The van der Waals surface area contributed by atoms with Gasteiger partial charge in [-0.15, -0.1) is 10.2 Å². The number of nitro benzene ring substituents is 1. The van der Waals surface area contributed by atoms with E-state index in [9.17, 15) is 14.9 Å². The molecule has 1 amide bonds. The third-order valence-electron chi connectivity index (χ3n) is 4.74. The molecule has 0 fully saturated rings. The Morgan fingerprint density at radius 1 is 1.12 bits per heavy atom. The van der Waals surface area contributed by atoms with Crippen LogP contribution in [0.25, 0.3) is 17.1 Å². The highest BCUT2D eigenvalue weighted by molar-refractivity contribution is 7.99. The zero-order chi connectivity index (χ0) is 24.1. The minimum atomic E-state index is -0.552. The Morgan fingerprint density at radius 2 is 1.91 bits per heavy atom. The van der Waals surface area contributed by atoms with Crippen molar-refractivity contribution in [2.75, 3.05) is 18.2 Å². The van der Waals surface area contributed by atoms with Gasteiger partial charge in [0.1, 0.15) is 5.75 Å². The number of ether oxygens (including phenoxy) is 1. The van der Waals surface area contributed by atoms with E-state index in [0.717, 1.165) is 11.3 Å². The van der Waals surface area contributed by atoms with Crippen LogP contribution in [0.2, 0.25) is 5.02 Å². The molecule has 0 radical (unpaired) electrons. The van der Waals surface area contributed by atoms with Gasteiger partial charge in [0.2, 0.25) is 5.91 Å². The fraction of sp³-hybridized carbons (Fsp3) is 0.0870. The van der Waals surface area contributed by atoms with E-state index in [2.05, 4.69) is 15.5 Å². The maximum atomic E-state index is 12.6. The lowest BCUT2D eigenvalue weighted by Gasteiger charge is -2.11. The SMILES string of the molecule is COc1cccc(-c2nnc(SCC(=O)Nc3cc([N+](=O)[O-])ccc3Cl)n2-c2ccccc2)c1. The Morgan fingerprint density at radius 3 is 2.65 bits per heavy atom. The monoisotopic (exact) mass is 495 g/mol. The van der Waals surface area contributed by atoms with Crippen molar-refractivity contribution in [2.45, 2.75) is 5.16 Å². The van der Waals surface area contributed by atoms with E-state index in [0.29, 0.717) is 16.7 Å². The lowest BCUT2D eigenvalue weighted by Crippen LogP contribution is -2.15. The number of hydrogen-bond acceptors (Lipinski definition) is 7. The van der Waals surface area contributed by atoms with Gasteiger partial charge < -0.3 is 10.1 Å². The molecule has 34 heavy (non-hydrogen) atoms. The lowest BCUT2D eigenvalue weighted by molar-refractivity contribution is -0.384. The summed E-state index contributed by atoms with van der Waals surface area (Å²) in [4.78, 5) is 23.1. The van der Waals surface area contributed by atoms with E-state index in [4.69, 9.17) is 16.3 Å². The first-order valence-electron chi connectivity index (χ1n) is 9.98. The predicted molar refractivity (Wildman–Crippen MR) is 131 cm³/mol. The smallest absolute Gasteiger partial charge is 0.271 e. The maximum absolute atomic E-state index is 12.6. The number of nitro groups is 1. The predicted octanol–water partition coefficient (Wildman–Crippen LogP) is 5.24. The number of methoxy groups -OCH3 is 1. The van der Waals surface area contributed by atoms with Crippen LogP contribution in [0.3, 0.4) is 0 Å². The summed E-state index contributed by atoms with van der Waals surface area (Å²) in [6, 6.07) is 20.9. The number of thioether (sulfide) groups is 1. The van der Waals surface area contributed by atoms with Crippen molar-refractivity contribution in [2.24, 2.45) is 0 Å². The van der Waals surface area contributed by atoms with Gasteiger partial charge in [0.05, 0.1) is 28.5 Å². The van der Waals surface area contributed by atoms with Crippen LogP contribution in [0.1, 0.15) is 0 Å². The van der Waals surface area contributed by atoms with Crippen molar-refractivity contribution >= 4 is 40.6 Å². The van der Waals surface area contributed by atoms with Gasteiger partial charge in [-0.2, -0.15) is 0 Å². The normalized spacial score (nSPS) is 10.6. The number of halogens is 1. The van der Waals surface area contributed by atoms with Gasteiger partial charge in [0, 0.05) is 23.4 Å². The molecule has 0 aliphatic rings. The number of benzene rings is 3. The quantitative estimate of drug-likeness (QED) is 0.202. The third-order valence-corrected chi connectivity index (χ3v) is 6.00. The molecular formula is C23H18ClN5O4S. The van der Waals surface area contributed by atoms with E-state index in [-0.39, 0.29) is 22.2 Å². The number of nitrogens with zero attached hydrogens (tertiary/aromatic N) is 4. The minimum Gasteiger partial charge on any atom is -0.497 e. The summed E-state index contributed by atoms with van der Waals surface area (Å²) in [5.41, 5.74) is 1.63. The zero-order valence-electron chi connectivity index (χ0n) is 17.8. The Labute approximate surface area is 203 Å². The summed E-state index contributed by atoms with van der Waals surface area (Å²) in [5.74, 6) is 0.873. The van der Waals surface area contributed by atoms with Crippen molar-refractivity contribution in [1.82, 2.24) is 14.8 Å². The highest BCUT2D eigenvalue weighted by atomic mass is 35.5. The van der Waals surface area contributed by atoms with Crippen molar-refractivity contribution in [3.8, 4) is 22.8 Å². The summed E-state index contributed by atoms with van der Waals surface area (Å²) in [6.45, 7) is 0. The van der Waals surface area contributed by atoms with Crippen LogP contribution in [-0.4, -0.2) is 38.5 Å². The number of para-hydroxylation sites is 1. The topological polar surface area (TPSA) is 112 Å². The number of rotatable bonds is 8. The zero-order valence-corrected chi connectivity index (χ0v) is 19.4. The summed E-state index contributed by atoms with van der Waals surface area (Å²) < 4.78 is 7.18. The second-order valence-electron chi connectivity index (χ2n) is 6.97. The number of carbonyl (C=O) groups is 1. The Balaban J connectivity index is 1.59. The largest absolute Gasteiger partial charge is 0.497 e. The molecule has 0 atom stereocenters. The van der Waals surface area contributed by atoms with Crippen molar-refractivity contribution in [3.63, 3.8) is 0 Å². The fourth-order valence-electron chi connectivity index (χ4n) is 3.16. The molecule has 1 aromatic heterocycles. The second-order valence-corrected chi connectivity index (χ2v) is 8.32. The van der Waals surface area contributed by atoms with Crippen LogP contribution in [0.5, 0.6) is 5.75 Å². The van der Waals surface area contributed by atoms with Gasteiger partial charge in [0.25, 0.3) is 5.69 Å². The van der Waals surface area contributed by atoms with Crippen molar-refractivity contribution < 1.29 is 14.5 Å². The van der Waals surface area contributed by atoms with E-state index in [1.54, 1.807) is 7.11 Å². The number of carbonyl (C=O) groups excluding carboxylic acids is 1. The molecule has 11 heteroatoms. The molecule has 4 rings (SSSR count). The van der Waals surface area contributed by atoms with Crippen LogP contribution < -0.4 is 10.1 Å². The van der Waals surface area contributed by atoms with E-state index < -0.39 is 10.8 Å². The molecule has 0 aliphatic carbocycles. The van der Waals surface area contributed by atoms with Gasteiger partial charge in [-0.05, 0) is 30.3 Å². The number of anilines is 1. The number of aromatic nitrogens is 3. The highest BCUT2D eigenvalue weighted by Crippen LogP contribution is 2.30. The molecule has 0 saturated heterocycles. The van der Waals surface area contributed by atoms with Crippen LogP contribution >= 0.6 is 23.4 Å². The number of nitrogens with one attached hydrogen (secondary N) is 1. The molecule has 0 saturated carbocycles. The van der Waals surface area contributed by atoms with Gasteiger partial charge >= 0.3 is 0 Å². The van der Waals surface area contributed by atoms with Crippen LogP contribution in [-0.2, 0) is 4.79 Å². The minimum absolute atomic E-state index is 0.0118. The molecule has 4 aromatic rings. The molecule has 3 aromatic carbocycles. The number of non-ortho nitro benzene ring substituents is 1. The Bertz CT molecular complexity index is 1350. The van der Waals surface area contributed by atoms with Gasteiger partial charge in [-0.1, -0.05) is 53.7 Å². The molecule has 1 heterocycles. The molecule has 0 bridgehead atoms. The maximum Gasteiger partial charge on any atom is 0.271 e. The average molecular weight is 496 g/mol. The van der Waals surface area contributed by atoms with Crippen LogP contribution in [0.15, 0.2) is 78.0 Å². The molecular weight excluding hydrogens is 478 g/mol. The lowest BCUT2D eigenvalue weighted by atomic mass is 10.2. The average Bonchev–Trinajstić information content (AvgIpc) is 3.28. The third kappa shape index (κ3) is 5.19. The first-order valence-corrected chi connectivity index (χ1v) is 11.3. The number of hydrogen-bond donors (Lipinski definition) is 1. The van der Waals surface area contributed by atoms with Crippen molar-refractivity contribution in [1.29, 1.82) is 0 Å². The summed E-state index contributed by atoms with van der Waals surface area (Å²) in [6.07, 6.45) is 0. The fourth-order valence-corrected chi connectivity index (χ4v) is 4.08. The molecule has 0 spiro atoms. The molecule has 172 valence electrons. The second kappa shape index (κ2) is 10.4. The van der Waals surface area contributed by atoms with Crippen molar-refractivity contribution in [3.05, 3.63) is 87.9 Å². The summed E-state index contributed by atoms with van der Waals surface area (Å²) >= 11 is 7.26. The standard InChI is InChI=1S/C23H18ClN5O4S/c1-33-18-9-5-6-15(12-18)22-26-27-23(28(22)16-7-3-2-4-8-16)34-14-21(30)25-20-13-17(29(31)32)10-11-19(20)24/h2-13H,14H2,1H3,(H,25,30). The Kier molecular flexibility index (Phi) is 7.09.